The first-order chi connectivity index (χ1) is 12.5. The van der Waals surface area contributed by atoms with Crippen molar-refractivity contribution in [3.63, 3.8) is 0 Å². The quantitative estimate of drug-likeness (QED) is 0.726. The van der Waals surface area contributed by atoms with Crippen molar-refractivity contribution in [3.05, 3.63) is 69.9 Å². The summed E-state index contributed by atoms with van der Waals surface area (Å²) in [7, 11) is 0. The molecule has 3 heterocycles. The third-order valence-electron chi connectivity index (χ3n) is 4.40. The van der Waals surface area contributed by atoms with Crippen LogP contribution in [0.2, 0.25) is 0 Å². The van der Waals surface area contributed by atoms with E-state index in [9.17, 15) is 9.59 Å². The maximum absolute atomic E-state index is 12.8. The van der Waals surface area contributed by atoms with Gasteiger partial charge in [-0.1, -0.05) is 18.2 Å². The number of amides is 1. The summed E-state index contributed by atoms with van der Waals surface area (Å²) in [6.07, 6.45) is -0.134. The zero-order valence-electron chi connectivity index (χ0n) is 14.6. The van der Waals surface area contributed by atoms with Gasteiger partial charge in [0.15, 0.2) is 0 Å². The lowest BCUT2D eigenvalue weighted by Gasteiger charge is -2.39. The number of ether oxygens (including phenoxy) is 1. The normalized spacial score (nSPS) is 14.3. The van der Waals surface area contributed by atoms with E-state index in [-0.39, 0.29) is 12.0 Å². The molecule has 0 N–H and O–H groups in total. The Bertz CT molecular complexity index is 1050. The Morgan fingerprint density at radius 3 is 2.77 bits per heavy atom. The summed E-state index contributed by atoms with van der Waals surface area (Å²) in [5, 5.41) is 0.946. The molecule has 2 aromatic heterocycles. The van der Waals surface area contributed by atoms with Crippen molar-refractivity contribution in [2.45, 2.75) is 20.0 Å². The number of aromatic nitrogens is 1. The van der Waals surface area contributed by atoms with Crippen molar-refractivity contribution in [1.82, 2.24) is 9.88 Å². The molecule has 1 saturated heterocycles. The largest absolute Gasteiger partial charge is 0.486 e. The number of pyridine rings is 1. The Kier molecular flexibility index (Phi) is 3.95. The Morgan fingerprint density at radius 1 is 1.19 bits per heavy atom. The van der Waals surface area contributed by atoms with Gasteiger partial charge < -0.3 is 14.1 Å². The maximum atomic E-state index is 12.8. The fourth-order valence-electron chi connectivity index (χ4n) is 3.10. The van der Waals surface area contributed by atoms with Gasteiger partial charge in [0.25, 0.3) is 5.91 Å². The van der Waals surface area contributed by atoms with Crippen molar-refractivity contribution < 1.29 is 13.9 Å². The molecule has 26 heavy (non-hydrogen) atoms. The number of nitrogens with zero attached hydrogens (tertiary/aromatic N) is 2. The van der Waals surface area contributed by atoms with E-state index < -0.39 is 5.63 Å². The van der Waals surface area contributed by atoms with Gasteiger partial charge in [-0.3, -0.25) is 9.78 Å². The van der Waals surface area contributed by atoms with Gasteiger partial charge in [-0.05, 0) is 26.0 Å². The number of benzene rings is 1. The minimum Gasteiger partial charge on any atom is -0.486 e. The Balaban J connectivity index is 1.48. The Morgan fingerprint density at radius 2 is 2.00 bits per heavy atom. The summed E-state index contributed by atoms with van der Waals surface area (Å²) in [6.45, 7) is 4.55. The molecule has 0 bridgehead atoms. The minimum absolute atomic E-state index is 0.0580. The lowest BCUT2D eigenvalue weighted by atomic mass is 10.0. The number of para-hydroxylation sites is 1. The molecule has 6 nitrogen and oxygen atoms in total. The highest BCUT2D eigenvalue weighted by atomic mass is 16.5. The molecule has 0 unspecified atom stereocenters. The number of aryl methyl sites for hydroxylation is 2. The molecule has 6 heteroatoms. The summed E-state index contributed by atoms with van der Waals surface area (Å²) >= 11 is 0. The van der Waals surface area contributed by atoms with Gasteiger partial charge in [-0.2, -0.15) is 0 Å². The number of likely N-dealkylation sites (tertiary alicyclic amines) is 1. The third-order valence-corrected chi connectivity index (χ3v) is 4.40. The second-order valence-corrected chi connectivity index (χ2v) is 6.50. The van der Waals surface area contributed by atoms with Crippen molar-refractivity contribution in [2.75, 3.05) is 13.1 Å². The molecule has 0 aliphatic carbocycles. The van der Waals surface area contributed by atoms with E-state index in [0.717, 1.165) is 16.6 Å². The highest BCUT2D eigenvalue weighted by Crippen LogP contribution is 2.23. The van der Waals surface area contributed by atoms with Gasteiger partial charge in [0.05, 0.1) is 30.2 Å². The first-order valence-corrected chi connectivity index (χ1v) is 8.44. The van der Waals surface area contributed by atoms with Crippen LogP contribution in [0, 0.1) is 13.8 Å². The molecule has 132 valence electrons. The Hall–Kier alpha value is -3.15. The fourth-order valence-corrected chi connectivity index (χ4v) is 3.10. The van der Waals surface area contributed by atoms with Crippen LogP contribution < -0.4 is 10.4 Å². The van der Waals surface area contributed by atoms with Gasteiger partial charge in [0.2, 0.25) is 0 Å². The fraction of sp³-hybridized carbons (Fsp3) is 0.250. The summed E-state index contributed by atoms with van der Waals surface area (Å²) in [5.41, 5.74) is 1.75. The summed E-state index contributed by atoms with van der Waals surface area (Å²) < 4.78 is 10.7. The van der Waals surface area contributed by atoms with Crippen LogP contribution >= 0.6 is 0 Å². The van der Waals surface area contributed by atoms with Crippen LogP contribution in [0.25, 0.3) is 10.9 Å². The van der Waals surface area contributed by atoms with E-state index in [2.05, 4.69) is 4.98 Å². The van der Waals surface area contributed by atoms with E-state index in [4.69, 9.17) is 9.15 Å². The third kappa shape index (κ3) is 3.06. The van der Waals surface area contributed by atoms with Crippen molar-refractivity contribution in [2.24, 2.45) is 0 Å². The maximum Gasteiger partial charge on any atom is 0.339 e. The van der Waals surface area contributed by atoms with Gasteiger partial charge in [-0.25, -0.2) is 4.79 Å². The van der Waals surface area contributed by atoms with E-state index in [1.165, 1.54) is 6.07 Å². The monoisotopic (exact) mass is 350 g/mol. The van der Waals surface area contributed by atoms with Crippen LogP contribution in [-0.4, -0.2) is 35.0 Å². The van der Waals surface area contributed by atoms with Crippen molar-refractivity contribution in [3.8, 4) is 5.75 Å². The average molecular weight is 350 g/mol. The van der Waals surface area contributed by atoms with E-state index in [1.807, 2.05) is 31.2 Å². The summed E-state index contributed by atoms with van der Waals surface area (Å²) in [4.78, 5) is 30.5. The molecule has 0 saturated carbocycles. The number of rotatable bonds is 3. The van der Waals surface area contributed by atoms with Gasteiger partial charge in [0.1, 0.15) is 17.6 Å². The summed E-state index contributed by atoms with van der Waals surface area (Å²) in [6, 6.07) is 12.5. The number of carbonyl (C=O) groups excluding carboxylic acids is 1. The molecular formula is C20H18N2O4. The zero-order chi connectivity index (χ0) is 18.3. The number of carbonyl (C=O) groups is 1. The minimum atomic E-state index is -0.440. The molecule has 0 atom stereocenters. The molecule has 1 aromatic carbocycles. The number of hydrogen-bond acceptors (Lipinski definition) is 5. The van der Waals surface area contributed by atoms with E-state index in [0.29, 0.717) is 30.2 Å². The van der Waals surface area contributed by atoms with Gasteiger partial charge >= 0.3 is 5.63 Å². The van der Waals surface area contributed by atoms with E-state index >= 15 is 0 Å². The lowest BCUT2D eigenvalue weighted by molar-refractivity contribution is 0.0176. The first kappa shape index (κ1) is 16.3. The molecule has 3 aromatic rings. The van der Waals surface area contributed by atoms with Crippen LogP contribution in [0.1, 0.15) is 21.8 Å². The summed E-state index contributed by atoms with van der Waals surface area (Å²) in [5.74, 6) is 0.910. The highest BCUT2D eigenvalue weighted by molar-refractivity contribution is 6.05. The van der Waals surface area contributed by atoms with Crippen LogP contribution in [-0.2, 0) is 0 Å². The van der Waals surface area contributed by atoms with Crippen LogP contribution in [0.15, 0.2) is 51.7 Å². The molecular weight excluding hydrogens is 332 g/mol. The number of fused-ring (bicyclic) bond motifs is 1. The predicted octanol–water partition coefficient (Wildman–Crippen LogP) is 2.71. The molecule has 1 amide bonds. The van der Waals surface area contributed by atoms with Crippen LogP contribution in [0.4, 0.5) is 0 Å². The van der Waals surface area contributed by atoms with Gasteiger partial charge in [0, 0.05) is 17.1 Å². The molecule has 1 fully saturated rings. The van der Waals surface area contributed by atoms with E-state index in [1.54, 1.807) is 24.0 Å². The van der Waals surface area contributed by atoms with Crippen molar-refractivity contribution >= 4 is 16.8 Å². The lowest BCUT2D eigenvalue weighted by Crippen LogP contribution is -2.56. The Labute approximate surface area is 150 Å². The van der Waals surface area contributed by atoms with Gasteiger partial charge in [-0.15, -0.1) is 0 Å². The van der Waals surface area contributed by atoms with Crippen LogP contribution in [0.3, 0.4) is 0 Å². The standard InChI is InChI=1S/C20H18N2O4/c1-12-6-7-14-4-3-5-17(19(14)21-12)20(24)22-10-16(11-22)26-15-8-13(2)25-18(23)9-15/h3-9,16H,10-11H2,1-2H3. The van der Waals surface area contributed by atoms with Crippen molar-refractivity contribution in [1.29, 1.82) is 0 Å². The second kappa shape index (κ2) is 6.29. The molecule has 0 spiro atoms. The highest BCUT2D eigenvalue weighted by Gasteiger charge is 2.33. The van der Waals surface area contributed by atoms with Crippen LogP contribution in [0.5, 0.6) is 5.75 Å². The molecule has 0 radical (unpaired) electrons. The average Bonchev–Trinajstić information content (AvgIpc) is 2.55. The predicted molar refractivity (Wildman–Crippen MR) is 96.5 cm³/mol. The first-order valence-electron chi connectivity index (χ1n) is 8.44. The number of hydrogen-bond donors (Lipinski definition) is 0. The second-order valence-electron chi connectivity index (χ2n) is 6.50. The molecule has 1 aliphatic rings. The topological polar surface area (TPSA) is 72.6 Å². The zero-order valence-corrected chi connectivity index (χ0v) is 14.6. The SMILES string of the molecule is Cc1ccc2cccc(C(=O)N3CC(Oc4cc(C)oc(=O)c4)C3)c2n1. The molecule has 1 aliphatic heterocycles. The smallest absolute Gasteiger partial charge is 0.339 e. The molecule has 4 rings (SSSR count).